The highest BCUT2D eigenvalue weighted by Gasteiger charge is 2.34. The third-order valence-corrected chi connectivity index (χ3v) is 5.74. The molecule has 31 heavy (non-hydrogen) atoms. The lowest BCUT2D eigenvalue weighted by Gasteiger charge is -2.38. The van der Waals surface area contributed by atoms with Crippen LogP contribution in [0.25, 0.3) is 0 Å². The van der Waals surface area contributed by atoms with Crippen LogP contribution in [0.1, 0.15) is 46.8 Å². The Morgan fingerprint density at radius 3 is 2.26 bits per heavy atom. The molecule has 1 aliphatic rings. The van der Waals surface area contributed by atoms with Crippen LogP contribution in [-0.2, 0) is 14.9 Å². The zero-order valence-electron chi connectivity index (χ0n) is 18.6. The van der Waals surface area contributed by atoms with Gasteiger partial charge in [0.1, 0.15) is 5.75 Å². The van der Waals surface area contributed by atoms with Gasteiger partial charge in [0, 0.05) is 30.7 Å². The first-order valence-electron chi connectivity index (χ1n) is 10.9. The lowest BCUT2D eigenvalue weighted by atomic mass is 9.74. The largest absolute Gasteiger partial charge is 0.494 e. The molecule has 1 aliphatic heterocycles. The van der Waals surface area contributed by atoms with Gasteiger partial charge in [-0.2, -0.15) is 0 Å². The van der Waals surface area contributed by atoms with Gasteiger partial charge >= 0.3 is 0 Å². The fraction of sp³-hybridized carbons (Fsp3) is 0.440. The number of hydrogen-bond donors (Lipinski definition) is 2. The summed E-state index contributed by atoms with van der Waals surface area (Å²) in [6, 6.07) is 13.8. The summed E-state index contributed by atoms with van der Waals surface area (Å²) >= 11 is 0. The van der Waals surface area contributed by atoms with Crippen molar-refractivity contribution in [1.82, 2.24) is 10.6 Å². The van der Waals surface area contributed by atoms with Crippen molar-refractivity contribution >= 4 is 11.8 Å². The summed E-state index contributed by atoms with van der Waals surface area (Å²) in [5.74, 6) is 0.398. The molecule has 0 bridgehead atoms. The molecular formula is C25H32N2O4. The van der Waals surface area contributed by atoms with Crippen LogP contribution in [-0.4, -0.2) is 44.7 Å². The van der Waals surface area contributed by atoms with E-state index in [2.05, 4.69) is 22.8 Å². The molecule has 0 unspecified atom stereocenters. The van der Waals surface area contributed by atoms with Crippen LogP contribution in [0.4, 0.5) is 0 Å². The van der Waals surface area contributed by atoms with E-state index >= 15 is 0 Å². The maximum absolute atomic E-state index is 12.5. The second-order valence-electron chi connectivity index (χ2n) is 8.19. The molecule has 166 valence electrons. The maximum Gasteiger partial charge on any atom is 0.251 e. The number of amides is 2. The summed E-state index contributed by atoms with van der Waals surface area (Å²) in [6.07, 6.45) is 1.66. The van der Waals surface area contributed by atoms with E-state index in [-0.39, 0.29) is 23.8 Å². The van der Waals surface area contributed by atoms with Gasteiger partial charge < -0.3 is 20.1 Å². The fourth-order valence-corrected chi connectivity index (χ4v) is 4.10. The van der Waals surface area contributed by atoms with Crippen LogP contribution in [0.15, 0.2) is 42.5 Å². The third kappa shape index (κ3) is 6.07. The Morgan fingerprint density at radius 1 is 1.00 bits per heavy atom. The Labute approximate surface area is 184 Å². The van der Waals surface area contributed by atoms with E-state index in [9.17, 15) is 9.59 Å². The SMILES string of the molecule is CCOc1ccc(C2(CNC(=O)CNC(=O)c3cc(C)cc(C)c3)CCOCC2)cc1. The number of rotatable bonds is 8. The van der Waals surface area contributed by atoms with Crippen molar-refractivity contribution in [2.75, 3.05) is 32.9 Å². The van der Waals surface area contributed by atoms with Crippen LogP contribution < -0.4 is 15.4 Å². The van der Waals surface area contributed by atoms with Crippen molar-refractivity contribution in [3.8, 4) is 5.75 Å². The molecule has 2 N–H and O–H groups in total. The summed E-state index contributed by atoms with van der Waals surface area (Å²) < 4.78 is 11.1. The van der Waals surface area contributed by atoms with Crippen LogP contribution in [0.5, 0.6) is 5.75 Å². The third-order valence-electron chi connectivity index (χ3n) is 5.74. The zero-order chi connectivity index (χ0) is 22.3. The van der Waals surface area contributed by atoms with Crippen molar-refractivity contribution in [2.24, 2.45) is 0 Å². The maximum atomic E-state index is 12.5. The highest BCUT2D eigenvalue weighted by atomic mass is 16.5. The highest BCUT2D eigenvalue weighted by molar-refractivity contribution is 5.96. The van der Waals surface area contributed by atoms with Crippen molar-refractivity contribution in [1.29, 1.82) is 0 Å². The Morgan fingerprint density at radius 2 is 1.65 bits per heavy atom. The molecule has 3 rings (SSSR count). The minimum absolute atomic E-state index is 0.0539. The number of aryl methyl sites for hydroxylation is 2. The van der Waals surface area contributed by atoms with Gasteiger partial charge in [0.2, 0.25) is 5.91 Å². The van der Waals surface area contributed by atoms with E-state index in [1.807, 2.05) is 51.1 Å². The van der Waals surface area contributed by atoms with E-state index in [4.69, 9.17) is 9.47 Å². The summed E-state index contributed by atoms with van der Waals surface area (Å²) in [6.45, 7) is 8.25. The normalized spacial score (nSPS) is 15.2. The van der Waals surface area contributed by atoms with Crippen molar-refractivity contribution in [2.45, 2.75) is 39.0 Å². The first-order valence-corrected chi connectivity index (χ1v) is 10.9. The van der Waals surface area contributed by atoms with Crippen LogP contribution >= 0.6 is 0 Å². The number of carbonyl (C=O) groups is 2. The second-order valence-corrected chi connectivity index (χ2v) is 8.19. The topological polar surface area (TPSA) is 76.7 Å². The van der Waals surface area contributed by atoms with Gasteiger partial charge in [0.25, 0.3) is 5.91 Å². The molecule has 2 aromatic carbocycles. The fourth-order valence-electron chi connectivity index (χ4n) is 4.10. The molecule has 0 saturated carbocycles. The number of ether oxygens (including phenoxy) is 2. The predicted octanol–water partition coefficient (Wildman–Crippen LogP) is 3.30. The molecule has 0 aliphatic carbocycles. The molecule has 0 atom stereocenters. The molecule has 2 aromatic rings. The van der Waals surface area contributed by atoms with Gasteiger partial charge in [-0.3, -0.25) is 9.59 Å². The average Bonchev–Trinajstić information content (AvgIpc) is 2.77. The van der Waals surface area contributed by atoms with Gasteiger partial charge in [0.05, 0.1) is 13.2 Å². The van der Waals surface area contributed by atoms with E-state index in [0.29, 0.717) is 31.9 Å². The highest BCUT2D eigenvalue weighted by Crippen LogP contribution is 2.35. The van der Waals surface area contributed by atoms with Crippen LogP contribution in [0.2, 0.25) is 0 Å². The first-order chi connectivity index (χ1) is 14.9. The monoisotopic (exact) mass is 424 g/mol. The van der Waals surface area contributed by atoms with E-state index in [1.165, 1.54) is 5.56 Å². The number of nitrogens with one attached hydrogen (secondary N) is 2. The summed E-state index contributed by atoms with van der Waals surface area (Å²) in [7, 11) is 0. The van der Waals surface area contributed by atoms with Crippen molar-refractivity contribution in [3.05, 3.63) is 64.7 Å². The quantitative estimate of drug-likeness (QED) is 0.682. The Balaban J connectivity index is 1.59. The van der Waals surface area contributed by atoms with Crippen molar-refractivity contribution in [3.63, 3.8) is 0 Å². The molecule has 0 spiro atoms. The Hall–Kier alpha value is -2.86. The lowest BCUT2D eigenvalue weighted by Crippen LogP contribution is -2.47. The molecule has 2 amide bonds. The number of benzene rings is 2. The van der Waals surface area contributed by atoms with E-state index in [0.717, 1.165) is 29.7 Å². The molecule has 6 nitrogen and oxygen atoms in total. The number of carbonyl (C=O) groups excluding carboxylic acids is 2. The van der Waals surface area contributed by atoms with Crippen LogP contribution in [0.3, 0.4) is 0 Å². The molecule has 0 aromatic heterocycles. The molecule has 1 saturated heterocycles. The van der Waals surface area contributed by atoms with Gasteiger partial charge in [-0.1, -0.05) is 29.3 Å². The van der Waals surface area contributed by atoms with E-state index in [1.54, 1.807) is 0 Å². The van der Waals surface area contributed by atoms with Gasteiger partial charge in [-0.15, -0.1) is 0 Å². The Bertz CT molecular complexity index is 882. The van der Waals surface area contributed by atoms with E-state index < -0.39 is 0 Å². The van der Waals surface area contributed by atoms with Gasteiger partial charge in [-0.05, 0) is 63.4 Å². The standard InChI is InChI=1S/C25H32N2O4/c1-4-31-22-7-5-21(6-8-22)25(9-11-30-12-10-25)17-27-23(28)16-26-24(29)20-14-18(2)13-19(3)15-20/h5-8,13-15H,4,9-12,16-17H2,1-3H3,(H,26,29)(H,27,28). The predicted molar refractivity (Wildman–Crippen MR) is 121 cm³/mol. The van der Waals surface area contributed by atoms with Crippen molar-refractivity contribution < 1.29 is 19.1 Å². The summed E-state index contributed by atoms with van der Waals surface area (Å²) in [5, 5.41) is 5.74. The zero-order valence-corrected chi connectivity index (χ0v) is 18.6. The molecule has 0 radical (unpaired) electrons. The minimum atomic E-state index is -0.241. The smallest absolute Gasteiger partial charge is 0.251 e. The van der Waals surface area contributed by atoms with Gasteiger partial charge in [-0.25, -0.2) is 0 Å². The molecule has 1 heterocycles. The van der Waals surface area contributed by atoms with Gasteiger partial charge in [0.15, 0.2) is 0 Å². The molecular weight excluding hydrogens is 392 g/mol. The molecule has 6 heteroatoms. The summed E-state index contributed by atoms with van der Waals surface area (Å²) in [4.78, 5) is 24.9. The number of hydrogen-bond acceptors (Lipinski definition) is 4. The lowest BCUT2D eigenvalue weighted by molar-refractivity contribution is -0.120. The summed E-state index contributed by atoms with van der Waals surface area (Å²) in [5.41, 5.74) is 3.59. The van der Waals surface area contributed by atoms with Crippen LogP contribution in [0, 0.1) is 13.8 Å². The minimum Gasteiger partial charge on any atom is -0.494 e. The second kappa shape index (κ2) is 10.4. The first kappa shape index (κ1) is 22.8. The average molecular weight is 425 g/mol. The molecule has 1 fully saturated rings. The Kier molecular flexibility index (Phi) is 7.69.